The van der Waals surface area contributed by atoms with Gasteiger partial charge in [-0.3, -0.25) is 0 Å². The summed E-state index contributed by atoms with van der Waals surface area (Å²) in [7, 11) is 1.27. The van der Waals surface area contributed by atoms with Crippen molar-refractivity contribution in [2.45, 2.75) is 6.61 Å². The van der Waals surface area contributed by atoms with Gasteiger partial charge >= 0.3 is 12.6 Å². The van der Waals surface area contributed by atoms with Crippen LogP contribution in [0.25, 0.3) is 0 Å². The molecule has 0 spiro atoms. The first kappa shape index (κ1) is 13.0. The fourth-order valence-corrected chi connectivity index (χ4v) is 1.01. The lowest BCUT2D eigenvalue weighted by molar-refractivity contribution is -0.134. The van der Waals surface area contributed by atoms with Gasteiger partial charge in [0.1, 0.15) is 5.75 Å². The predicted molar refractivity (Wildman–Crippen MR) is 57.9 cm³/mol. The first-order chi connectivity index (χ1) is 8.11. The number of esters is 1. The van der Waals surface area contributed by atoms with Gasteiger partial charge in [0.15, 0.2) is 0 Å². The van der Waals surface area contributed by atoms with E-state index >= 15 is 0 Å². The fraction of sp³-hybridized carbons (Fsp3) is 0.182. The van der Waals surface area contributed by atoms with Gasteiger partial charge in [0.05, 0.1) is 7.11 Å². The molecule has 4 nitrogen and oxygen atoms in total. The van der Waals surface area contributed by atoms with E-state index in [1.807, 2.05) is 0 Å². The van der Waals surface area contributed by atoms with Crippen molar-refractivity contribution < 1.29 is 23.0 Å². The molecule has 0 aliphatic rings. The smallest absolute Gasteiger partial charge is 0.387 e. The molecule has 0 bridgehead atoms. The van der Waals surface area contributed by atoms with E-state index in [0.29, 0.717) is 5.69 Å². The standard InChI is InChI=1S/C11H11F2NO3/c1-16-10(15)6-7-14-8-2-4-9(5-3-8)17-11(12)13/h2-7,11,14H,1H3/b7-6+. The number of ether oxygens (including phenoxy) is 2. The van der Waals surface area contributed by atoms with Crippen LogP contribution in [-0.2, 0) is 9.53 Å². The van der Waals surface area contributed by atoms with E-state index in [4.69, 9.17) is 0 Å². The number of alkyl halides is 2. The van der Waals surface area contributed by atoms with Crippen LogP contribution in [0.1, 0.15) is 0 Å². The molecule has 0 amide bonds. The third kappa shape index (κ3) is 4.96. The van der Waals surface area contributed by atoms with Crippen molar-refractivity contribution in [2.24, 2.45) is 0 Å². The molecule has 0 unspecified atom stereocenters. The van der Waals surface area contributed by atoms with Crippen LogP contribution in [0.5, 0.6) is 5.75 Å². The summed E-state index contributed by atoms with van der Waals surface area (Å²) in [4.78, 5) is 10.7. The van der Waals surface area contributed by atoms with Crippen molar-refractivity contribution in [1.29, 1.82) is 0 Å². The van der Waals surface area contributed by atoms with E-state index in [-0.39, 0.29) is 5.75 Å². The van der Waals surface area contributed by atoms with E-state index in [2.05, 4.69) is 14.8 Å². The number of benzene rings is 1. The van der Waals surface area contributed by atoms with Gasteiger partial charge in [-0.1, -0.05) is 0 Å². The largest absolute Gasteiger partial charge is 0.466 e. The van der Waals surface area contributed by atoms with Crippen LogP contribution in [0.3, 0.4) is 0 Å². The average molecular weight is 243 g/mol. The van der Waals surface area contributed by atoms with E-state index in [0.717, 1.165) is 0 Å². The molecule has 0 heterocycles. The van der Waals surface area contributed by atoms with Crippen LogP contribution in [0.4, 0.5) is 14.5 Å². The zero-order chi connectivity index (χ0) is 12.7. The molecule has 1 rings (SSSR count). The molecular weight excluding hydrogens is 232 g/mol. The molecule has 0 atom stereocenters. The number of hydrogen-bond donors (Lipinski definition) is 1. The summed E-state index contributed by atoms with van der Waals surface area (Å²) in [5.41, 5.74) is 0.631. The third-order valence-corrected chi connectivity index (χ3v) is 1.75. The second kappa shape index (κ2) is 6.47. The number of rotatable bonds is 5. The van der Waals surface area contributed by atoms with E-state index in [1.165, 1.54) is 31.5 Å². The summed E-state index contributed by atoms with van der Waals surface area (Å²) in [6, 6.07) is 5.86. The van der Waals surface area contributed by atoms with Gasteiger partial charge in [0.25, 0.3) is 0 Å². The Morgan fingerprint density at radius 3 is 2.53 bits per heavy atom. The Kier molecular flexibility index (Phi) is 4.93. The number of methoxy groups -OCH3 is 1. The summed E-state index contributed by atoms with van der Waals surface area (Å²) >= 11 is 0. The lowest BCUT2D eigenvalue weighted by Crippen LogP contribution is -2.01. The lowest BCUT2D eigenvalue weighted by atomic mass is 10.3. The van der Waals surface area contributed by atoms with Gasteiger partial charge in [-0.2, -0.15) is 8.78 Å². The third-order valence-electron chi connectivity index (χ3n) is 1.75. The Morgan fingerprint density at radius 1 is 1.35 bits per heavy atom. The molecule has 0 aliphatic heterocycles. The van der Waals surface area contributed by atoms with Crippen LogP contribution < -0.4 is 10.1 Å². The highest BCUT2D eigenvalue weighted by Gasteiger charge is 2.02. The molecule has 0 radical (unpaired) electrons. The van der Waals surface area contributed by atoms with Crippen molar-refractivity contribution in [2.75, 3.05) is 12.4 Å². The summed E-state index contributed by atoms with van der Waals surface area (Å²) in [5, 5.41) is 2.77. The van der Waals surface area contributed by atoms with Gasteiger partial charge in [-0.15, -0.1) is 0 Å². The quantitative estimate of drug-likeness (QED) is 0.637. The average Bonchev–Trinajstić information content (AvgIpc) is 2.30. The number of nitrogens with one attached hydrogen (secondary N) is 1. The Morgan fingerprint density at radius 2 is 2.00 bits per heavy atom. The molecule has 1 aromatic carbocycles. The van der Waals surface area contributed by atoms with Crippen LogP contribution in [0.2, 0.25) is 0 Å². The molecule has 0 fully saturated rings. The highest BCUT2D eigenvalue weighted by molar-refractivity contribution is 5.82. The van der Waals surface area contributed by atoms with Gasteiger partial charge in [-0.25, -0.2) is 4.79 Å². The minimum atomic E-state index is -2.84. The lowest BCUT2D eigenvalue weighted by Gasteiger charge is -2.05. The summed E-state index contributed by atoms with van der Waals surface area (Å²) in [6.45, 7) is -2.84. The van der Waals surface area contributed by atoms with Gasteiger partial charge < -0.3 is 14.8 Å². The summed E-state index contributed by atoms with van der Waals surface area (Å²) < 4.78 is 32.3. The first-order valence-electron chi connectivity index (χ1n) is 4.67. The fourth-order valence-electron chi connectivity index (χ4n) is 1.01. The molecule has 0 aliphatic carbocycles. The van der Waals surface area contributed by atoms with E-state index < -0.39 is 12.6 Å². The molecule has 0 saturated heterocycles. The molecule has 6 heteroatoms. The molecule has 0 saturated carbocycles. The SMILES string of the molecule is COC(=O)/C=C/Nc1ccc(OC(F)F)cc1. The molecule has 92 valence electrons. The molecule has 1 aromatic rings. The maximum atomic E-state index is 11.9. The van der Waals surface area contributed by atoms with Crippen molar-refractivity contribution in [3.05, 3.63) is 36.5 Å². The predicted octanol–water partition coefficient (Wildman–Crippen LogP) is 2.39. The maximum absolute atomic E-state index is 11.9. The summed E-state index contributed by atoms with van der Waals surface area (Å²) in [6.07, 6.45) is 2.58. The number of hydrogen-bond acceptors (Lipinski definition) is 4. The minimum Gasteiger partial charge on any atom is -0.466 e. The van der Waals surface area contributed by atoms with Gasteiger partial charge in [-0.05, 0) is 24.3 Å². The molecule has 17 heavy (non-hydrogen) atoms. The van der Waals surface area contributed by atoms with Crippen LogP contribution >= 0.6 is 0 Å². The van der Waals surface area contributed by atoms with E-state index in [9.17, 15) is 13.6 Å². The van der Waals surface area contributed by atoms with Crippen LogP contribution in [0, 0.1) is 0 Å². The monoisotopic (exact) mass is 243 g/mol. The molecular formula is C11H11F2NO3. The van der Waals surface area contributed by atoms with Crippen LogP contribution in [-0.4, -0.2) is 19.7 Å². The first-order valence-corrected chi connectivity index (χ1v) is 4.67. The Balaban J connectivity index is 2.51. The number of carbonyl (C=O) groups excluding carboxylic acids is 1. The number of carbonyl (C=O) groups is 1. The van der Waals surface area contributed by atoms with Gasteiger partial charge in [0.2, 0.25) is 0 Å². The highest BCUT2D eigenvalue weighted by atomic mass is 19.3. The zero-order valence-electron chi connectivity index (χ0n) is 9.02. The topological polar surface area (TPSA) is 47.6 Å². The number of anilines is 1. The molecule has 0 aromatic heterocycles. The minimum absolute atomic E-state index is 0.0718. The van der Waals surface area contributed by atoms with Gasteiger partial charge in [0, 0.05) is 18.0 Å². The normalized spacial score (nSPS) is 10.6. The number of halogens is 2. The van der Waals surface area contributed by atoms with Crippen molar-refractivity contribution in [3.8, 4) is 5.75 Å². The van der Waals surface area contributed by atoms with Crippen LogP contribution in [0.15, 0.2) is 36.5 Å². The molecule has 1 N–H and O–H groups in total. The Bertz CT molecular complexity index is 390. The van der Waals surface area contributed by atoms with Crippen molar-refractivity contribution >= 4 is 11.7 Å². The van der Waals surface area contributed by atoms with E-state index in [1.54, 1.807) is 12.1 Å². The summed E-state index contributed by atoms with van der Waals surface area (Å²) in [5.74, 6) is -0.419. The Hall–Kier alpha value is -2.11. The van der Waals surface area contributed by atoms with Crippen molar-refractivity contribution in [3.63, 3.8) is 0 Å². The maximum Gasteiger partial charge on any atom is 0.387 e. The Labute approximate surface area is 96.8 Å². The zero-order valence-corrected chi connectivity index (χ0v) is 9.02. The van der Waals surface area contributed by atoms with Crippen molar-refractivity contribution in [1.82, 2.24) is 0 Å². The highest BCUT2D eigenvalue weighted by Crippen LogP contribution is 2.17. The second-order valence-electron chi connectivity index (χ2n) is 2.90. The second-order valence-corrected chi connectivity index (χ2v) is 2.90.